The first-order chi connectivity index (χ1) is 8.51. The summed E-state index contributed by atoms with van der Waals surface area (Å²) >= 11 is 0. The van der Waals surface area contributed by atoms with Gasteiger partial charge in [-0.2, -0.15) is 0 Å². The minimum atomic E-state index is -0.855. The number of allylic oxidation sites excluding steroid dienone is 2. The molecule has 1 heterocycles. The number of carboxylic acids is 1. The van der Waals surface area contributed by atoms with E-state index in [1.807, 2.05) is 6.92 Å². The van der Waals surface area contributed by atoms with Crippen molar-refractivity contribution < 1.29 is 19.4 Å². The third kappa shape index (κ3) is 7.10. The number of aliphatic carboxylic acids is 1. The Bertz CT molecular complexity index is 384. The van der Waals surface area contributed by atoms with E-state index in [-0.39, 0.29) is 0 Å². The van der Waals surface area contributed by atoms with Crippen LogP contribution in [-0.4, -0.2) is 24.2 Å². The number of nitrogens with one attached hydrogen (secondary N) is 1. The zero-order valence-corrected chi connectivity index (χ0v) is 10.5. The van der Waals surface area contributed by atoms with Crippen LogP contribution in [-0.2, 0) is 14.3 Å². The molecule has 6 nitrogen and oxygen atoms in total. The zero-order valence-electron chi connectivity index (χ0n) is 10.5. The van der Waals surface area contributed by atoms with Crippen molar-refractivity contribution in [1.29, 1.82) is 0 Å². The summed E-state index contributed by atoms with van der Waals surface area (Å²) in [4.78, 5) is 20.6. The molecule has 18 heavy (non-hydrogen) atoms. The van der Waals surface area contributed by atoms with Gasteiger partial charge in [-0.05, 0) is 12.6 Å². The SMILES string of the molecule is CCC(N)=CC(=O)OC.O=C(O)C1=CNC=CC1. The second kappa shape index (κ2) is 8.86. The Morgan fingerprint density at radius 3 is 2.61 bits per heavy atom. The lowest BCUT2D eigenvalue weighted by Crippen LogP contribution is -2.08. The van der Waals surface area contributed by atoms with E-state index in [4.69, 9.17) is 10.8 Å². The van der Waals surface area contributed by atoms with Crippen LogP contribution < -0.4 is 11.1 Å². The molecule has 0 amide bonds. The zero-order chi connectivity index (χ0) is 14.0. The van der Waals surface area contributed by atoms with Crippen molar-refractivity contribution in [3.8, 4) is 0 Å². The Balaban J connectivity index is 0.000000321. The molecular weight excluding hydrogens is 236 g/mol. The molecule has 0 fully saturated rings. The molecule has 0 atom stereocenters. The lowest BCUT2D eigenvalue weighted by molar-refractivity contribution is -0.135. The number of esters is 1. The number of nitrogens with two attached hydrogens (primary N) is 1. The first-order valence-electron chi connectivity index (χ1n) is 5.38. The minimum absolute atomic E-state index is 0.394. The van der Waals surface area contributed by atoms with E-state index in [9.17, 15) is 9.59 Å². The molecule has 4 N–H and O–H groups in total. The summed E-state index contributed by atoms with van der Waals surface area (Å²) in [6.45, 7) is 1.87. The number of rotatable bonds is 3. The topological polar surface area (TPSA) is 102 Å². The lowest BCUT2D eigenvalue weighted by atomic mass is 10.2. The van der Waals surface area contributed by atoms with E-state index in [0.29, 0.717) is 24.1 Å². The van der Waals surface area contributed by atoms with Crippen LogP contribution in [0.15, 0.2) is 35.8 Å². The van der Waals surface area contributed by atoms with Crippen molar-refractivity contribution in [3.63, 3.8) is 0 Å². The number of ether oxygens (including phenoxy) is 1. The highest BCUT2D eigenvalue weighted by Crippen LogP contribution is 2.03. The maximum absolute atomic E-state index is 10.4. The maximum Gasteiger partial charge on any atom is 0.333 e. The van der Waals surface area contributed by atoms with Gasteiger partial charge < -0.3 is 20.9 Å². The first-order valence-corrected chi connectivity index (χ1v) is 5.38. The van der Waals surface area contributed by atoms with Gasteiger partial charge in [0.15, 0.2) is 0 Å². The molecule has 0 spiro atoms. The third-order valence-electron chi connectivity index (χ3n) is 2.00. The molecule has 0 unspecified atom stereocenters. The van der Waals surface area contributed by atoms with Gasteiger partial charge in [-0.3, -0.25) is 0 Å². The predicted octanol–water partition coefficient (Wildman–Crippen LogP) is 0.874. The summed E-state index contributed by atoms with van der Waals surface area (Å²) in [7, 11) is 1.32. The maximum atomic E-state index is 10.4. The van der Waals surface area contributed by atoms with Crippen LogP contribution >= 0.6 is 0 Å². The van der Waals surface area contributed by atoms with E-state index < -0.39 is 11.9 Å². The summed E-state index contributed by atoms with van der Waals surface area (Å²) in [6, 6.07) is 0. The standard InChI is InChI=1S/C6H7NO2.C6H11NO2/c8-6(9)5-2-1-3-7-4-5;1-3-5(7)4-6(8)9-2/h1,3-4,7H,2H2,(H,8,9);4H,3,7H2,1-2H3. The minimum Gasteiger partial charge on any atom is -0.478 e. The largest absolute Gasteiger partial charge is 0.478 e. The average molecular weight is 254 g/mol. The van der Waals surface area contributed by atoms with Crippen molar-refractivity contribution in [2.75, 3.05) is 7.11 Å². The molecule has 0 aliphatic carbocycles. The fourth-order valence-corrected chi connectivity index (χ4v) is 0.923. The Hall–Kier alpha value is -2.24. The van der Waals surface area contributed by atoms with Gasteiger partial charge in [0.05, 0.1) is 12.7 Å². The quantitative estimate of drug-likeness (QED) is 0.510. The summed E-state index contributed by atoms with van der Waals surface area (Å²) in [5.74, 6) is -1.25. The molecule has 0 saturated heterocycles. The lowest BCUT2D eigenvalue weighted by Gasteiger charge is -2.02. The Labute approximate surface area is 106 Å². The van der Waals surface area contributed by atoms with E-state index in [2.05, 4.69) is 10.1 Å². The van der Waals surface area contributed by atoms with E-state index in [1.54, 1.807) is 12.3 Å². The van der Waals surface area contributed by atoms with E-state index >= 15 is 0 Å². The van der Waals surface area contributed by atoms with Gasteiger partial charge in [0, 0.05) is 24.4 Å². The van der Waals surface area contributed by atoms with Crippen molar-refractivity contribution in [3.05, 3.63) is 35.8 Å². The van der Waals surface area contributed by atoms with Gasteiger partial charge in [-0.15, -0.1) is 0 Å². The van der Waals surface area contributed by atoms with Gasteiger partial charge in [0.1, 0.15) is 0 Å². The summed E-state index contributed by atoms with van der Waals surface area (Å²) in [5.41, 5.74) is 6.25. The van der Waals surface area contributed by atoms with E-state index in [0.717, 1.165) is 0 Å². The van der Waals surface area contributed by atoms with Crippen LogP contribution in [0.25, 0.3) is 0 Å². The van der Waals surface area contributed by atoms with Gasteiger partial charge in [-0.25, -0.2) is 9.59 Å². The Morgan fingerprint density at radius 1 is 1.61 bits per heavy atom. The molecular formula is C12H18N2O4. The average Bonchev–Trinajstić information content (AvgIpc) is 2.40. The number of hydrogen-bond acceptors (Lipinski definition) is 5. The Kier molecular flexibility index (Phi) is 7.76. The van der Waals surface area contributed by atoms with Gasteiger partial charge >= 0.3 is 11.9 Å². The van der Waals surface area contributed by atoms with Crippen LogP contribution in [0.2, 0.25) is 0 Å². The highest BCUT2D eigenvalue weighted by atomic mass is 16.5. The Morgan fingerprint density at radius 2 is 2.28 bits per heavy atom. The molecule has 1 aliphatic heterocycles. The first kappa shape index (κ1) is 15.8. The molecule has 1 aliphatic rings. The van der Waals surface area contributed by atoms with Crippen LogP contribution in [0.1, 0.15) is 19.8 Å². The van der Waals surface area contributed by atoms with Crippen molar-refractivity contribution in [2.24, 2.45) is 5.73 Å². The van der Waals surface area contributed by atoms with Gasteiger partial charge in [0.25, 0.3) is 0 Å². The molecule has 0 aromatic heterocycles. The van der Waals surface area contributed by atoms with Crippen LogP contribution in [0.5, 0.6) is 0 Å². The number of hydrogen-bond donors (Lipinski definition) is 3. The number of carbonyl (C=O) groups excluding carboxylic acids is 1. The highest BCUT2D eigenvalue weighted by Gasteiger charge is 2.05. The van der Waals surface area contributed by atoms with Crippen LogP contribution in [0.4, 0.5) is 0 Å². The van der Waals surface area contributed by atoms with Gasteiger partial charge in [0.2, 0.25) is 0 Å². The summed E-state index contributed by atoms with van der Waals surface area (Å²) < 4.78 is 4.33. The predicted molar refractivity (Wildman–Crippen MR) is 67.2 cm³/mol. The summed E-state index contributed by atoms with van der Waals surface area (Å²) in [6.07, 6.45) is 7.44. The molecule has 0 radical (unpaired) electrons. The molecule has 6 heteroatoms. The summed E-state index contributed by atoms with van der Waals surface area (Å²) in [5, 5.41) is 11.1. The van der Waals surface area contributed by atoms with Crippen molar-refractivity contribution >= 4 is 11.9 Å². The van der Waals surface area contributed by atoms with Crippen molar-refractivity contribution in [1.82, 2.24) is 5.32 Å². The number of carbonyl (C=O) groups is 2. The molecule has 0 aromatic rings. The number of dihydropyridines is 1. The molecule has 0 bridgehead atoms. The second-order valence-corrected chi connectivity index (χ2v) is 3.34. The van der Waals surface area contributed by atoms with E-state index in [1.165, 1.54) is 19.4 Å². The smallest absolute Gasteiger partial charge is 0.333 e. The second-order valence-electron chi connectivity index (χ2n) is 3.34. The van der Waals surface area contributed by atoms with Gasteiger partial charge in [-0.1, -0.05) is 13.0 Å². The molecule has 100 valence electrons. The van der Waals surface area contributed by atoms with Crippen LogP contribution in [0.3, 0.4) is 0 Å². The molecule has 0 saturated carbocycles. The highest BCUT2D eigenvalue weighted by molar-refractivity contribution is 5.87. The monoisotopic (exact) mass is 254 g/mol. The molecule has 0 aromatic carbocycles. The normalized spacial score (nSPS) is 13.7. The van der Waals surface area contributed by atoms with Crippen molar-refractivity contribution in [2.45, 2.75) is 19.8 Å². The third-order valence-corrected chi connectivity index (χ3v) is 2.00. The molecule has 1 rings (SSSR count). The fraction of sp³-hybridized carbons (Fsp3) is 0.333. The number of carboxylic acid groups (broad SMARTS) is 1. The number of methoxy groups -OCH3 is 1. The fourth-order valence-electron chi connectivity index (χ4n) is 0.923. The van der Waals surface area contributed by atoms with Crippen LogP contribution in [0, 0.1) is 0 Å².